The predicted molar refractivity (Wildman–Crippen MR) is 125 cm³/mol. The number of hydrogen-bond acceptors (Lipinski definition) is 5. The van der Waals surface area contributed by atoms with Gasteiger partial charge in [0.25, 0.3) is 5.91 Å². The number of carbonyl (C=O) groups excluding carboxylic acids is 3. The maximum Gasteiger partial charge on any atom is 0.251 e. The van der Waals surface area contributed by atoms with Crippen LogP contribution in [0.2, 0.25) is 0 Å². The lowest BCUT2D eigenvalue weighted by Gasteiger charge is -2.12. The number of ether oxygens (including phenoxy) is 1. The quantitative estimate of drug-likeness (QED) is 0.455. The lowest BCUT2D eigenvalue weighted by Crippen LogP contribution is -2.31. The van der Waals surface area contributed by atoms with Gasteiger partial charge in [-0.1, -0.05) is 19.1 Å². The number of nitrogens with one attached hydrogen (secondary N) is 4. The summed E-state index contributed by atoms with van der Waals surface area (Å²) in [5.74, 6) is -0.485. The molecule has 0 spiro atoms. The molecule has 2 aromatic rings. The molecule has 0 radical (unpaired) electrons. The third-order valence-corrected chi connectivity index (χ3v) is 5.00. The van der Waals surface area contributed by atoms with Gasteiger partial charge >= 0.3 is 0 Å². The van der Waals surface area contributed by atoms with Gasteiger partial charge in [-0.15, -0.1) is 0 Å². The lowest BCUT2D eigenvalue weighted by atomic mass is 10.1. The third-order valence-electron chi connectivity index (χ3n) is 5.00. The van der Waals surface area contributed by atoms with E-state index in [9.17, 15) is 14.4 Å². The Morgan fingerprint density at radius 1 is 0.969 bits per heavy atom. The minimum absolute atomic E-state index is 0.0397. The van der Waals surface area contributed by atoms with Crippen LogP contribution in [0.3, 0.4) is 0 Å². The van der Waals surface area contributed by atoms with Gasteiger partial charge in [0.2, 0.25) is 11.8 Å². The van der Waals surface area contributed by atoms with Crippen LogP contribution in [0.4, 0.5) is 17.1 Å². The van der Waals surface area contributed by atoms with E-state index in [1.54, 1.807) is 42.5 Å². The fourth-order valence-electron chi connectivity index (χ4n) is 3.40. The summed E-state index contributed by atoms with van der Waals surface area (Å²) >= 11 is 0. The van der Waals surface area contributed by atoms with Gasteiger partial charge in [0.05, 0.1) is 12.6 Å². The molecule has 8 nitrogen and oxygen atoms in total. The van der Waals surface area contributed by atoms with Gasteiger partial charge in [-0.05, 0) is 55.7 Å². The van der Waals surface area contributed by atoms with Gasteiger partial charge in [-0.2, -0.15) is 0 Å². The second kappa shape index (κ2) is 11.9. The number of rotatable bonds is 10. The smallest absolute Gasteiger partial charge is 0.251 e. The van der Waals surface area contributed by atoms with Crippen molar-refractivity contribution < 1.29 is 19.1 Å². The second-order valence-corrected chi connectivity index (χ2v) is 7.71. The lowest BCUT2D eigenvalue weighted by molar-refractivity contribution is -0.116. The van der Waals surface area contributed by atoms with Crippen LogP contribution in [0, 0.1) is 0 Å². The molecule has 0 bridgehead atoms. The fraction of sp³-hybridized carbons (Fsp3) is 0.375. The molecule has 1 aliphatic heterocycles. The molecular weight excluding hydrogens is 408 g/mol. The summed E-state index contributed by atoms with van der Waals surface area (Å²) in [6.45, 7) is 3.22. The topological polar surface area (TPSA) is 109 Å². The number of carbonyl (C=O) groups is 3. The number of anilines is 3. The first-order valence-electron chi connectivity index (χ1n) is 11.0. The molecule has 0 aliphatic carbocycles. The number of hydrogen-bond donors (Lipinski definition) is 4. The Hall–Kier alpha value is -3.39. The van der Waals surface area contributed by atoms with Crippen molar-refractivity contribution >= 4 is 34.8 Å². The van der Waals surface area contributed by atoms with Crippen LogP contribution >= 0.6 is 0 Å². The maximum absolute atomic E-state index is 12.4. The molecule has 1 fully saturated rings. The Bertz CT molecular complexity index is 941. The van der Waals surface area contributed by atoms with Crippen molar-refractivity contribution in [2.45, 2.75) is 38.7 Å². The molecule has 8 heteroatoms. The van der Waals surface area contributed by atoms with E-state index in [0.29, 0.717) is 29.9 Å². The summed E-state index contributed by atoms with van der Waals surface area (Å²) in [6.07, 6.45) is 3.30. The van der Waals surface area contributed by atoms with E-state index < -0.39 is 0 Å². The maximum atomic E-state index is 12.4. The Morgan fingerprint density at radius 2 is 1.69 bits per heavy atom. The highest BCUT2D eigenvalue weighted by Crippen LogP contribution is 2.16. The van der Waals surface area contributed by atoms with E-state index >= 15 is 0 Å². The van der Waals surface area contributed by atoms with Crippen molar-refractivity contribution in [1.82, 2.24) is 5.32 Å². The Kier molecular flexibility index (Phi) is 8.62. The zero-order valence-electron chi connectivity index (χ0n) is 18.3. The molecule has 3 rings (SSSR count). The molecule has 3 amide bonds. The SMILES string of the molecule is CCCC(=O)Nc1cccc(NCC(=O)Nc2cccc(C(=O)NCC3CCCO3)c2)c1. The normalized spacial score (nSPS) is 15.1. The molecule has 4 N–H and O–H groups in total. The predicted octanol–water partition coefficient (Wildman–Crippen LogP) is 3.38. The number of benzene rings is 2. The molecule has 1 heterocycles. The van der Waals surface area contributed by atoms with Crippen LogP contribution in [-0.2, 0) is 14.3 Å². The van der Waals surface area contributed by atoms with Gasteiger partial charge in [0.1, 0.15) is 0 Å². The monoisotopic (exact) mass is 438 g/mol. The molecule has 1 atom stereocenters. The van der Waals surface area contributed by atoms with E-state index in [0.717, 1.165) is 31.6 Å². The first-order chi connectivity index (χ1) is 15.5. The highest BCUT2D eigenvalue weighted by molar-refractivity contribution is 5.98. The van der Waals surface area contributed by atoms with Crippen molar-refractivity contribution in [1.29, 1.82) is 0 Å². The Balaban J connectivity index is 1.48. The Labute approximate surface area is 188 Å². The van der Waals surface area contributed by atoms with E-state index in [1.165, 1.54) is 0 Å². The van der Waals surface area contributed by atoms with E-state index in [4.69, 9.17) is 4.74 Å². The Morgan fingerprint density at radius 3 is 2.44 bits per heavy atom. The molecule has 32 heavy (non-hydrogen) atoms. The summed E-state index contributed by atoms with van der Waals surface area (Å²) in [6, 6.07) is 14.0. The van der Waals surface area contributed by atoms with E-state index in [-0.39, 0.29) is 30.4 Å². The van der Waals surface area contributed by atoms with E-state index in [1.807, 2.05) is 13.0 Å². The van der Waals surface area contributed by atoms with Gasteiger partial charge in [-0.3, -0.25) is 14.4 Å². The van der Waals surface area contributed by atoms with Crippen molar-refractivity contribution in [3.05, 3.63) is 54.1 Å². The van der Waals surface area contributed by atoms with Crippen LogP contribution in [0.5, 0.6) is 0 Å². The minimum atomic E-state index is -0.248. The fourth-order valence-corrected chi connectivity index (χ4v) is 3.40. The van der Waals surface area contributed by atoms with Crippen molar-refractivity contribution in [3.8, 4) is 0 Å². The highest BCUT2D eigenvalue weighted by atomic mass is 16.5. The summed E-state index contributed by atoms with van der Waals surface area (Å²) in [4.78, 5) is 36.5. The first-order valence-corrected chi connectivity index (χ1v) is 11.0. The summed E-state index contributed by atoms with van der Waals surface area (Å²) in [5, 5.41) is 11.5. The highest BCUT2D eigenvalue weighted by Gasteiger charge is 2.17. The van der Waals surface area contributed by atoms with Crippen molar-refractivity contribution in [3.63, 3.8) is 0 Å². The largest absolute Gasteiger partial charge is 0.376 e. The molecule has 1 saturated heterocycles. The average Bonchev–Trinajstić information content (AvgIpc) is 3.30. The zero-order valence-corrected chi connectivity index (χ0v) is 18.3. The summed E-state index contributed by atoms with van der Waals surface area (Å²) in [7, 11) is 0. The van der Waals surface area contributed by atoms with Crippen molar-refractivity contribution in [2.75, 3.05) is 35.6 Å². The van der Waals surface area contributed by atoms with Crippen LogP contribution in [0.1, 0.15) is 43.0 Å². The second-order valence-electron chi connectivity index (χ2n) is 7.71. The van der Waals surface area contributed by atoms with Crippen molar-refractivity contribution in [2.24, 2.45) is 0 Å². The number of amides is 3. The zero-order chi connectivity index (χ0) is 22.8. The summed E-state index contributed by atoms with van der Waals surface area (Å²) in [5.41, 5.74) is 2.42. The van der Waals surface area contributed by atoms with Crippen LogP contribution in [-0.4, -0.2) is 43.5 Å². The van der Waals surface area contributed by atoms with Gasteiger partial charge < -0.3 is 26.0 Å². The van der Waals surface area contributed by atoms with Crippen LogP contribution < -0.4 is 21.3 Å². The first kappa shape index (κ1) is 23.3. The molecule has 1 aliphatic rings. The molecule has 1 unspecified atom stereocenters. The van der Waals surface area contributed by atoms with Gasteiger partial charge in [0, 0.05) is 42.2 Å². The standard InChI is InChI=1S/C24H30N4O4/c1-2-6-22(29)27-20-10-4-8-18(14-20)25-16-23(30)28-19-9-3-7-17(13-19)24(31)26-15-21-11-5-12-32-21/h3-4,7-10,13-14,21,25H,2,5-6,11-12,15-16H2,1H3,(H,26,31)(H,27,29)(H,28,30). The van der Waals surface area contributed by atoms with Gasteiger partial charge in [0.15, 0.2) is 0 Å². The summed E-state index contributed by atoms with van der Waals surface area (Å²) < 4.78 is 5.52. The van der Waals surface area contributed by atoms with E-state index in [2.05, 4.69) is 21.3 Å². The molecular formula is C24H30N4O4. The molecule has 0 aromatic heterocycles. The van der Waals surface area contributed by atoms with Crippen LogP contribution in [0.15, 0.2) is 48.5 Å². The minimum Gasteiger partial charge on any atom is -0.376 e. The molecule has 170 valence electrons. The third kappa shape index (κ3) is 7.39. The molecule has 0 saturated carbocycles. The van der Waals surface area contributed by atoms with Gasteiger partial charge in [-0.25, -0.2) is 0 Å². The molecule has 2 aromatic carbocycles. The average molecular weight is 439 g/mol. The van der Waals surface area contributed by atoms with Crippen LogP contribution in [0.25, 0.3) is 0 Å².